The lowest BCUT2D eigenvalue weighted by Crippen LogP contribution is -2.36. The summed E-state index contributed by atoms with van der Waals surface area (Å²) in [6.07, 6.45) is 0.828. The first-order chi connectivity index (χ1) is 9.90. The first-order valence-electron chi connectivity index (χ1n) is 7.25. The lowest BCUT2D eigenvalue weighted by molar-refractivity contribution is -0.136. The summed E-state index contributed by atoms with van der Waals surface area (Å²) >= 11 is 0. The van der Waals surface area contributed by atoms with Gasteiger partial charge in [-0.3, -0.25) is 9.59 Å². The number of carbonyl (C=O) groups is 2. The molecular weight excluding hydrogens is 268 g/mol. The number of para-hydroxylation sites is 2. The van der Waals surface area contributed by atoms with E-state index in [9.17, 15) is 9.59 Å². The van der Waals surface area contributed by atoms with E-state index in [1.54, 1.807) is 18.2 Å². The number of hydrogen-bond acceptors (Lipinski definition) is 3. The predicted molar refractivity (Wildman–Crippen MR) is 83.3 cm³/mol. The van der Waals surface area contributed by atoms with E-state index in [4.69, 9.17) is 4.74 Å². The van der Waals surface area contributed by atoms with Crippen LogP contribution < -0.4 is 15.4 Å². The molecule has 0 heterocycles. The molecule has 0 unspecified atom stereocenters. The summed E-state index contributed by atoms with van der Waals surface area (Å²) in [4.78, 5) is 23.5. The van der Waals surface area contributed by atoms with Crippen LogP contribution in [0, 0.1) is 5.92 Å². The molecule has 0 aliphatic carbocycles. The van der Waals surface area contributed by atoms with Crippen molar-refractivity contribution in [3.05, 3.63) is 24.3 Å². The summed E-state index contributed by atoms with van der Waals surface area (Å²) in [5, 5.41) is 5.18. The third kappa shape index (κ3) is 6.29. The lowest BCUT2D eigenvalue weighted by Gasteiger charge is -2.14. The summed E-state index contributed by atoms with van der Waals surface area (Å²) in [5.41, 5.74) is 0.496. The van der Waals surface area contributed by atoms with Crippen molar-refractivity contribution in [1.82, 2.24) is 5.32 Å². The molecule has 0 bridgehead atoms. The number of carbonyl (C=O) groups excluding carboxylic acids is 2. The molecule has 5 nitrogen and oxygen atoms in total. The van der Waals surface area contributed by atoms with Gasteiger partial charge in [-0.2, -0.15) is 0 Å². The highest BCUT2D eigenvalue weighted by Crippen LogP contribution is 2.24. The number of amides is 2. The van der Waals surface area contributed by atoms with E-state index in [2.05, 4.69) is 24.5 Å². The van der Waals surface area contributed by atoms with E-state index in [1.807, 2.05) is 19.9 Å². The van der Waals surface area contributed by atoms with Crippen LogP contribution in [0.15, 0.2) is 24.3 Å². The van der Waals surface area contributed by atoms with Crippen LogP contribution in [0.3, 0.4) is 0 Å². The van der Waals surface area contributed by atoms with E-state index < -0.39 is 11.8 Å². The average molecular weight is 292 g/mol. The van der Waals surface area contributed by atoms with Gasteiger partial charge in [-0.15, -0.1) is 0 Å². The number of anilines is 1. The summed E-state index contributed by atoms with van der Waals surface area (Å²) in [6, 6.07) is 7.05. The van der Waals surface area contributed by atoms with Crippen molar-refractivity contribution in [1.29, 1.82) is 0 Å². The maximum Gasteiger partial charge on any atom is 0.313 e. The quantitative estimate of drug-likeness (QED) is 0.792. The Labute approximate surface area is 126 Å². The van der Waals surface area contributed by atoms with Crippen molar-refractivity contribution >= 4 is 17.5 Å². The van der Waals surface area contributed by atoms with Crippen LogP contribution >= 0.6 is 0 Å². The smallest absolute Gasteiger partial charge is 0.313 e. The van der Waals surface area contributed by atoms with Crippen molar-refractivity contribution in [3.8, 4) is 5.75 Å². The van der Waals surface area contributed by atoms with Crippen molar-refractivity contribution in [2.24, 2.45) is 5.92 Å². The van der Waals surface area contributed by atoms with Crippen LogP contribution in [0.1, 0.15) is 34.1 Å². The minimum absolute atomic E-state index is 0.0112. The molecule has 0 radical (unpaired) electrons. The normalized spacial score (nSPS) is 10.6. The second-order valence-electron chi connectivity index (χ2n) is 5.56. The zero-order valence-corrected chi connectivity index (χ0v) is 13.1. The number of nitrogens with one attached hydrogen (secondary N) is 2. The molecule has 21 heavy (non-hydrogen) atoms. The average Bonchev–Trinajstić information content (AvgIpc) is 2.39. The summed E-state index contributed by atoms with van der Waals surface area (Å²) in [6.45, 7) is 8.42. The number of rotatable bonds is 6. The van der Waals surface area contributed by atoms with Crippen LogP contribution in [-0.4, -0.2) is 24.5 Å². The van der Waals surface area contributed by atoms with Crippen LogP contribution in [-0.2, 0) is 9.59 Å². The molecule has 2 amide bonds. The zero-order chi connectivity index (χ0) is 15.8. The molecule has 0 spiro atoms. The summed E-state index contributed by atoms with van der Waals surface area (Å²) < 4.78 is 5.59. The Bertz CT molecular complexity index is 484. The van der Waals surface area contributed by atoms with Gasteiger partial charge in [-0.05, 0) is 38.3 Å². The molecule has 1 aromatic rings. The lowest BCUT2D eigenvalue weighted by atomic mass is 10.1. The molecule has 2 N–H and O–H groups in total. The Balaban J connectivity index is 2.60. The Hall–Kier alpha value is -2.04. The molecule has 116 valence electrons. The molecule has 0 saturated heterocycles. The second kappa shape index (κ2) is 8.29. The van der Waals surface area contributed by atoms with Crippen LogP contribution in [0.25, 0.3) is 0 Å². The van der Waals surface area contributed by atoms with Crippen molar-refractivity contribution < 1.29 is 14.3 Å². The van der Waals surface area contributed by atoms with Gasteiger partial charge in [-0.1, -0.05) is 26.0 Å². The highest BCUT2D eigenvalue weighted by atomic mass is 16.5. The molecule has 1 aromatic carbocycles. The fraction of sp³-hybridized carbons (Fsp3) is 0.500. The summed E-state index contributed by atoms with van der Waals surface area (Å²) in [5.74, 6) is -0.280. The van der Waals surface area contributed by atoms with E-state index in [-0.39, 0.29) is 6.10 Å². The van der Waals surface area contributed by atoms with Crippen LogP contribution in [0.5, 0.6) is 5.75 Å². The number of hydrogen-bond donors (Lipinski definition) is 2. The first-order valence-corrected chi connectivity index (χ1v) is 7.25. The number of benzene rings is 1. The molecule has 0 aromatic heterocycles. The molecule has 0 saturated carbocycles. The largest absolute Gasteiger partial charge is 0.489 e. The zero-order valence-electron chi connectivity index (χ0n) is 13.1. The second-order valence-corrected chi connectivity index (χ2v) is 5.56. The van der Waals surface area contributed by atoms with E-state index in [0.29, 0.717) is 23.9 Å². The topological polar surface area (TPSA) is 67.4 Å². The monoisotopic (exact) mass is 292 g/mol. The molecule has 0 aliphatic heterocycles. The van der Waals surface area contributed by atoms with Crippen molar-refractivity contribution in [3.63, 3.8) is 0 Å². The minimum atomic E-state index is -0.682. The van der Waals surface area contributed by atoms with Gasteiger partial charge in [0.2, 0.25) is 0 Å². The molecule has 5 heteroatoms. The molecule has 0 atom stereocenters. The molecular formula is C16H24N2O3. The maximum absolute atomic E-state index is 11.8. The van der Waals surface area contributed by atoms with Gasteiger partial charge in [-0.25, -0.2) is 0 Å². The number of ether oxygens (including phenoxy) is 1. The van der Waals surface area contributed by atoms with E-state index in [0.717, 1.165) is 6.42 Å². The molecule has 0 fully saturated rings. The Morgan fingerprint density at radius 3 is 2.38 bits per heavy atom. The third-order valence-corrected chi connectivity index (χ3v) is 2.71. The third-order valence-electron chi connectivity index (χ3n) is 2.71. The molecule has 1 rings (SSSR count). The van der Waals surface area contributed by atoms with Gasteiger partial charge in [0.05, 0.1) is 11.8 Å². The first kappa shape index (κ1) is 17.0. The Morgan fingerprint density at radius 1 is 1.10 bits per heavy atom. The molecule has 0 aliphatic rings. The standard InChI is InChI=1S/C16H24N2O3/c1-11(2)9-10-17-15(19)16(20)18-13-7-5-6-8-14(13)21-12(3)4/h5-8,11-12H,9-10H2,1-4H3,(H,17,19)(H,18,20). The van der Waals surface area contributed by atoms with Gasteiger partial charge in [0.15, 0.2) is 0 Å². The summed E-state index contributed by atoms with van der Waals surface area (Å²) in [7, 11) is 0. The van der Waals surface area contributed by atoms with Gasteiger partial charge in [0, 0.05) is 6.54 Å². The van der Waals surface area contributed by atoms with Gasteiger partial charge in [0.1, 0.15) is 5.75 Å². The predicted octanol–water partition coefficient (Wildman–Crippen LogP) is 2.57. The van der Waals surface area contributed by atoms with Crippen molar-refractivity contribution in [2.45, 2.75) is 40.2 Å². The fourth-order valence-corrected chi connectivity index (χ4v) is 1.66. The van der Waals surface area contributed by atoms with E-state index in [1.165, 1.54) is 0 Å². The van der Waals surface area contributed by atoms with Gasteiger partial charge in [0.25, 0.3) is 0 Å². The minimum Gasteiger partial charge on any atom is -0.489 e. The van der Waals surface area contributed by atoms with Crippen molar-refractivity contribution in [2.75, 3.05) is 11.9 Å². The Morgan fingerprint density at radius 2 is 1.76 bits per heavy atom. The van der Waals surface area contributed by atoms with Crippen LogP contribution in [0.4, 0.5) is 5.69 Å². The van der Waals surface area contributed by atoms with Gasteiger partial charge >= 0.3 is 11.8 Å². The Kier molecular flexibility index (Phi) is 6.72. The van der Waals surface area contributed by atoms with E-state index >= 15 is 0 Å². The van der Waals surface area contributed by atoms with Crippen LogP contribution in [0.2, 0.25) is 0 Å². The SMILES string of the molecule is CC(C)CCNC(=O)C(=O)Nc1ccccc1OC(C)C. The highest BCUT2D eigenvalue weighted by molar-refractivity contribution is 6.39. The van der Waals surface area contributed by atoms with Gasteiger partial charge < -0.3 is 15.4 Å². The maximum atomic E-state index is 11.8. The highest BCUT2D eigenvalue weighted by Gasteiger charge is 2.15. The fourth-order valence-electron chi connectivity index (χ4n) is 1.66.